The van der Waals surface area contributed by atoms with Crippen molar-refractivity contribution in [1.82, 2.24) is 10.3 Å². The van der Waals surface area contributed by atoms with Crippen LogP contribution in [-0.2, 0) is 4.74 Å². The van der Waals surface area contributed by atoms with Gasteiger partial charge in [0, 0.05) is 32.0 Å². The first-order valence-electron chi connectivity index (χ1n) is 5.62. The van der Waals surface area contributed by atoms with Crippen LogP contribution in [0.25, 0.3) is 0 Å². The third-order valence-corrected chi connectivity index (χ3v) is 2.73. The summed E-state index contributed by atoms with van der Waals surface area (Å²) in [6, 6.07) is 3.41. The summed E-state index contributed by atoms with van der Waals surface area (Å²) in [6.45, 7) is 1.48. The first-order chi connectivity index (χ1) is 8.24. The molecular formula is C12H17BrN2O2. The second-order valence-corrected chi connectivity index (χ2v) is 4.49. The fourth-order valence-electron chi connectivity index (χ4n) is 1.40. The quantitative estimate of drug-likeness (QED) is 0.621. The van der Waals surface area contributed by atoms with Crippen molar-refractivity contribution in [2.45, 2.75) is 19.3 Å². The second kappa shape index (κ2) is 8.20. The van der Waals surface area contributed by atoms with Crippen LogP contribution in [0.5, 0.6) is 0 Å². The van der Waals surface area contributed by atoms with E-state index in [-0.39, 0.29) is 5.91 Å². The Hall–Kier alpha value is -0.940. The van der Waals surface area contributed by atoms with Crippen molar-refractivity contribution < 1.29 is 9.53 Å². The Morgan fingerprint density at radius 1 is 1.47 bits per heavy atom. The molecule has 5 heteroatoms. The third kappa shape index (κ3) is 5.79. The van der Waals surface area contributed by atoms with Crippen LogP contribution in [0.4, 0.5) is 0 Å². The lowest BCUT2D eigenvalue weighted by Crippen LogP contribution is -2.24. The first-order valence-corrected chi connectivity index (χ1v) is 6.42. The zero-order valence-corrected chi connectivity index (χ0v) is 11.5. The van der Waals surface area contributed by atoms with Crippen LogP contribution in [0, 0.1) is 0 Å². The van der Waals surface area contributed by atoms with Crippen LogP contribution in [0.15, 0.2) is 22.9 Å². The van der Waals surface area contributed by atoms with Crippen molar-refractivity contribution in [1.29, 1.82) is 0 Å². The maximum Gasteiger partial charge on any atom is 0.251 e. The van der Waals surface area contributed by atoms with Crippen LogP contribution in [0.2, 0.25) is 0 Å². The molecule has 1 aromatic rings. The van der Waals surface area contributed by atoms with Gasteiger partial charge in [0.2, 0.25) is 0 Å². The Balaban J connectivity index is 2.21. The van der Waals surface area contributed by atoms with Gasteiger partial charge in [0.25, 0.3) is 5.91 Å². The summed E-state index contributed by atoms with van der Waals surface area (Å²) in [4.78, 5) is 15.7. The number of nitrogens with one attached hydrogen (secondary N) is 1. The minimum Gasteiger partial charge on any atom is -0.385 e. The van der Waals surface area contributed by atoms with Crippen molar-refractivity contribution in [2.24, 2.45) is 0 Å². The molecule has 0 aromatic carbocycles. The summed E-state index contributed by atoms with van der Waals surface area (Å²) in [5.41, 5.74) is 0.628. The molecule has 0 bridgehead atoms. The first kappa shape index (κ1) is 14.1. The van der Waals surface area contributed by atoms with Crippen LogP contribution in [0.3, 0.4) is 0 Å². The van der Waals surface area contributed by atoms with Gasteiger partial charge in [-0.1, -0.05) is 0 Å². The average Bonchev–Trinajstić information content (AvgIpc) is 2.33. The normalized spacial score (nSPS) is 10.2. The number of methoxy groups -OCH3 is 1. The van der Waals surface area contributed by atoms with Crippen LogP contribution in [0.1, 0.15) is 29.6 Å². The van der Waals surface area contributed by atoms with E-state index in [1.165, 1.54) is 0 Å². The lowest BCUT2D eigenvalue weighted by Gasteiger charge is -2.05. The van der Waals surface area contributed by atoms with E-state index in [2.05, 4.69) is 26.2 Å². The van der Waals surface area contributed by atoms with E-state index in [0.29, 0.717) is 16.7 Å². The van der Waals surface area contributed by atoms with E-state index in [9.17, 15) is 4.79 Å². The van der Waals surface area contributed by atoms with Gasteiger partial charge in [-0.2, -0.15) is 0 Å². The Labute approximate surface area is 110 Å². The Morgan fingerprint density at radius 2 is 2.29 bits per heavy atom. The smallest absolute Gasteiger partial charge is 0.251 e. The van der Waals surface area contributed by atoms with Gasteiger partial charge in [-0.05, 0) is 47.3 Å². The lowest BCUT2D eigenvalue weighted by atomic mass is 10.2. The van der Waals surface area contributed by atoms with E-state index < -0.39 is 0 Å². The molecule has 17 heavy (non-hydrogen) atoms. The molecule has 1 amide bonds. The van der Waals surface area contributed by atoms with Gasteiger partial charge in [0.05, 0.1) is 0 Å². The highest BCUT2D eigenvalue weighted by molar-refractivity contribution is 9.10. The van der Waals surface area contributed by atoms with Crippen LogP contribution >= 0.6 is 15.9 Å². The number of carbonyl (C=O) groups excluding carboxylic acids is 1. The Morgan fingerprint density at radius 3 is 3.00 bits per heavy atom. The average molecular weight is 301 g/mol. The Bertz CT molecular complexity index is 358. The van der Waals surface area contributed by atoms with E-state index in [1.54, 1.807) is 25.4 Å². The highest BCUT2D eigenvalue weighted by Gasteiger charge is 2.04. The van der Waals surface area contributed by atoms with Crippen molar-refractivity contribution in [2.75, 3.05) is 20.3 Å². The molecule has 0 radical (unpaired) electrons. The van der Waals surface area contributed by atoms with Crippen molar-refractivity contribution in [3.63, 3.8) is 0 Å². The maximum absolute atomic E-state index is 11.7. The number of amides is 1. The summed E-state index contributed by atoms with van der Waals surface area (Å²) in [5, 5.41) is 2.87. The van der Waals surface area contributed by atoms with Gasteiger partial charge < -0.3 is 10.1 Å². The zero-order valence-electron chi connectivity index (χ0n) is 9.91. The highest BCUT2D eigenvalue weighted by atomic mass is 79.9. The van der Waals surface area contributed by atoms with E-state index >= 15 is 0 Å². The van der Waals surface area contributed by atoms with E-state index in [1.807, 2.05) is 0 Å². The topological polar surface area (TPSA) is 51.2 Å². The molecule has 0 saturated heterocycles. The van der Waals surface area contributed by atoms with E-state index in [4.69, 9.17) is 4.74 Å². The van der Waals surface area contributed by atoms with Gasteiger partial charge in [-0.15, -0.1) is 0 Å². The number of nitrogens with zero attached hydrogens (tertiary/aromatic N) is 1. The van der Waals surface area contributed by atoms with E-state index in [0.717, 1.165) is 25.9 Å². The molecule has 1 heterocycles. The molecule has 94 valence electrons. The number of aromatic nitrogens is 1. The molecular weight excluding hydrogens is 284 g/mol. The number of halogens is 1. The molecule has 1 aromatic heterocycles. The number of unbranched alkanes of at least 4 members (excludes halogenated alkanes) is 2. The minimum atomic E-state index is -0.0557. The van der Waals surface area contributed by atoms with Crippen molar-refractivity contribution in [3.05, 3.63) is 28.5 Å². The highest BCUT2D eigenvalue weighted by Crippen LogP contribution is 2.07. The molecule has 4 nitrogen and oxygen atoms in total. The van der Waals surface area contributed by atoms with Crippen molar-refractivity contribution in [3.8, 4) is 0 Å². The monoisotopic (exact) mass is 300 g/mol. The SMILES string of the molecule is COCCCCCNC(=O)c1ccnc(Br)c1. The zero-order chi connectivity index (χ0) is 12.5. The molecule has 1 N–H and O–H groups in total. The number of hydrogen-bond acceptors (Lipinski definition) is 3. The number of carbonyl (C=O) groups is 1. The third-order valence-electron chi connectivity index (χ3n) is 2.30. The summed E-state index contributed by atoms with van der Waals surface area (Å²) in [5.74, 6) is -0.0557. The van der Waals surface area contributed by atoms with Gasteiger partial charge in [-0.3, -0.25) is 4.79 Å². The second-order valence-electron chi connectivity index (χ2n) is 3.68. The molecule has 0 aliphatic rings. The molecule has 0 fully saturated rings. The fraction of sp³-hybridized carbons (Fsp3) is 0.500. The fourth-order valence-corrected chi connectivity index (χ4v) is 1.76. The molecule has 0 aliphatic heterocycles. The predicted molar refractivity (Wildman–Crippen MR) is 70.0 cm³/mol. The maximum atomic E-state index is 11.7. The number of rotatable bonds is 7. The lowest BCUT2D eigenvalue weighted by molar-refractivity contribution is 0.0952. The summed E-state index contributed by atoms with van der Waals surface area (Å²) in [6.07, 6.45) is 4.68. The molecule has 0 aliphatic carbocycles. The minimum absolute atomic E-state index is 0.0557. The number of pyridine rings is 1. The van der Waals surface area contributed by atoms with Gasteiger partial charge in [-0.25, -0.2) is 4.98 Å². The summed E-state index contributed by atoms with van der Waals surface area (Å²) in [7, 11) is 1.70. The molecule has 0 spiro atoms. The standard InChI is InChI=1S/C12H17BrN2O2/c1-17-8-4-2-3-6-15-12(16)10-5-7-14-11(13)9-10/h5,7,9H,2-4,6,8H2,1H3,(H,15,16). The Kier molecular flexibility index (Phi) is 6.81. The van der Waals surface area contributed by atoms with Gasteiger partial charge in [0.1, 0.15) is 4.60 Å². The van der Waals surface area contributed by atoms with Crippen LogP contribution in [-0.4, -0.2) is 31.2 Å². The largest absolute Gasteiger partial charge is 0.385 e. The number of ether oxygens (including phenoxy) is 1. The van der Waals surface area contributed by atoms with Gasteiger partial charge in [0.15, 0.2) is 0 Å². The molecule has 1 rings (SSSR count). The van der Waals surface area contributed by atoms with Gasteiger partial charge >= 0.3 is 0 Å². The summed E-state index contributed by atoms with van der Waals surface area (Å²) < 4.78 is 5.62. The van der Waals surface area contributed by atoms with Crippen molar-refractivity contribution >= 4 is 21.8 Å². The summed E-state index contributed by atoms with van der Waals surface area (Å²) >= 11 is 3.24. The molecule has 0 unspecified atom stereocenters. The van der Waals surface area contributed by atoms with Crippen LogP contribution < -0.4 is 5.32 Å². The molecule has 0 saturated carbocycles. The predicted octanol–water partition coefficient (Wildman–Crippen LogP) is 2.39. The number of hydrogen-bond donors (Lipinski definition) is 1. The molecule has 0 atom stereocenters.